The van der Waals surface area contributed by atoms with Crippen molar-refractivity contribution in [3.8, 4) is 0 Å². The summed E-state index contributed by atoms with van der Waals surface area (Å²) in [5.41, 5.74) is 0.640. The second-order valence-corrected chi connectivity index (χ2v) is 8.43. The predicted molar refractivity (Wildman–Crippen MR) is 108 cm³/mol. The Morgan fingerprint density at radius 2 is 1.86 bits per heavy atom. The van der Waals surface area contributed by atoms with Gasteiger partial charge >= 0.3 is 6.18 Å². The molecule has 1 heterocycles. The largest absolute Gasteiger partial charge is 0.418 e. The Kier molecular flexibility index (Phi) is 6.69. The Morgan fingerprint density at radius 1 is 1.17 bits per heavy atom. The van der Waals surface area contributed by atoms with Gasteiger partial charge in [-0.1, -0.05) is 36.8 Å². The molecule has 0 saturated carbocycles. The summed E-state index contributed by atoms with van der Waals surface area (Å²) in [5.74, 6) is -0.329. The minimum Gasteiger partial charge on any atom is -0.322 e. The molecule has 1 aliphatic heterocycles. The standard InChI is InChI=1S/C22H30F3N3O/c1-15-4-6-18(12-16(15)2)21(29)26-20-7-5-17(13-19(20)22(23,24)25)14-28-10-8-27(3)9-11-28/h6-7,12-13,15,17H,4-5,8-11,14H2,1-3H3,(H,26,29). The van der Waals surface area contributed by atoms with Gasteiger partial charge in [0.15, 0.2) is 0 Å². The molecular weight excluding hydrogens is 379 g/mol. The van der Waals surface area contributed by atoms with Crippen molar-refractivity contribution in [2.45, 2.75) is 32.9 Å². The molecule has 0 aromatic carbocycles. The number of likely N-dealkylation sites (N-methyl/N-ethyl adjacent to an activating group) is 1. The van der Waals surface area contributed by atoms with E-state index in [1.807, 2.05) is 6.92 Å². The Hall–Kier alpha value is -1.86. The first-order valence-corrected chi connectivity index (χ1v) is 10.2. The SMILES string of the molecule is CC1=CC(C(=O)NC2=CCC(CN3CCN(C)CC3)C=C2C(F)(F)F)=CCC1C. The fraction of sp³-hybridized carbons (Fsp3) is 0.591. The molecule has 0 spiro atoms. The molecule has 2 unspecified atom stereocenters. The van der Waals surface area contributed by atoms with Crippen molar-refractivity contribution in [1.82, 2.24) is 15.1 Å². The highest BCUT2D eigenvalue weighted by Crippen LogP contribution is 2.35. The fourth-order valence-electron chi connectivity index (χ4n) is 3.92. The van der Waals surface area contributed by atoms with Crippen LogP contribution in [0.4, 0.5) is 13.2 Å². The third kappa shape index (κ3) is 5.60. The normalized spacial score (nSPS) is 27.0. The third-order valence-electron chi connectivity index (χ3n) is 6.07. The predicted octanol–water partition coefficient (Wildman–Crippen LogP) is 3.66. The molecule has 3 rings (SSSR count). The first-order chi connectivity index (χ1) is 13.6. The average molecular weight is 409 g/mol. The van der Waals surface area contributed by atoms with Crippen LogP contribution in [0.3, 0.4) is 0 Å². The highest BCUT2D eigenvalue weighted by Gasteiger charge is 2.39. The number of allylic oxidation sites excluding steroid dienone is 4. The van der Waals surface area contributed by atoms with Crippen LogP contribution in [-0.2, 0) is 4.79 Å². The molecular formula is C22H30F3N3O. The molecule has 1 amide bonds. The molecule has 1 fully saturated rings. The maximum absolute atomic E-state index is 13.7. The van der Waals surface area contributed by atoms with E-state index in [-0.39, 0.29) is 11.6 Å². The number of carbonyl (C=O) groups excluding carboxylic acids is 1. The quantitative estimate of drug-likeness (QED) is 0.770. The van der Waals surface area contributed by atoms with Crippen molar-refractivity contribution >= 4 is 5.91 Å². The van der Waals surface area contributed by atoms with Gasteiger partial charge in [-0.3, -0.25) is 4.79 Å². The summed E-state index contributed by atoms with van der Waals surface area (Å²) < 4.78 is 41.1. The fourth-order valence-corrected chi connectivity index (χ4v) is 3.92. The van der Waals surface area contributed by atoms with Crippen LogP contribution < -0.4 is 5.32 Å². The van der Waals surface area contributed by atoms with Crippen molar-refractivity contribution in [3.63, 3.8) is 0 Å². The number of rotatable bonds is 4. The number of piperazine rings is 1. The highest BCUT2D eigenvalue weighted by atomic mass is 19.4. The first-order valence-electron chi connectivity index (χ1n) is 10.2. The van der Waals surface area contributed by atoms with Crippen molar-refractivity contribution < 1.29 is 18.0 Å². The number of amides is 1. The summed E-state index contributed by atoms with van der Waals surface area (Å²) in [5, 5.41) is 2.51. The van der Waals surface area contributed by atoms with Crippen LogP contribution in [-0.4, -0.2) is 61.7 Å². The monoisotopic (exact) mass is 409 g/mol. The Balaban J connectivity index is 1.68. The van der Waals surface area contributed by atoms with Crippen LogP contribution in [0.15, 0.2) is 46.7 Å². The van der Waals surface area contributed by atoms with Crippen LogP contribution in [0.2, 0.25) is 0 Å². The number of nitrogens with one attached hydrogen (secondary N) is 1. The first kappa shape index (κ1) is 21.8. The van der Waals surface area contributed by atoms with Crippen molar-refractivity contribution in [2.75, 3.05) is 39.8 Å². The number of hydrogen-bond acceptors (Lipinski definition) is 3. The summed E-state index contributed by atoms with van der Waals surface area (Å²) >= 11 is 0. The van der Waals surface area contributed by atoms with E-state index < -0.39 is 17.7 Å². The minimum atomic E-state index is -4.50. The summed E-state index contributed by atoms with van der Waals surface area (Å²) in [6.45, 7) is 8.21. The zero-order chi connectivity index (χ0) is 21.2. The molecule has 1 saturated heterocycles. The lowest BCUT2D eigenvalue weighted by Crippen LogP contribution is -2.46. The van der Waals surface area contributed by atoms with E-state index in [1.54, 1.807) is 12.2 Å². The zero-order valence-corrected chi connectivity index (χ0v) is 17.4. The van der Waals surface area contributed by atoms with Crippen LogP contribution in [0.25, 0.3) is 0 Å². The zero-order valence-electron chi connectivity index (χ0n) is 17.4. The van der Waals surface area contributed by atoms with E-state index >= 15 is 0 Å². The van der Waals surface area contributed by atoms with Crippen molar-refractivity contribution in [1.29, 1.82) is 0 Å². The second kappa shape index (κ2) is 8.88. The van der Waals surface area contributed by atoms with Crippen LogP contribution in [0, 0.1) is 11.8 Å². The van der Waals surface area contributed by atoms with Crippen LogP contribution in [0.1, 0.15) is 26.7 Å². The number of halogens is 3. The molecule has 2 aliphatic carbocycles. The molecule has 0 bridgehead atoms. The smallest absolute Gasteiger partial charge is 0.322 e. The van der Waals surface area contributed by atoms with Crippen LogP contribution in [0.5, 0.6) is 0 Å². The van der Waals surface area contributed by atoms with E-state index in [2.05, 4.69) is 29.1 Å². The van der Waals surface area contributed by atoms with E-state index in [0.29, 0.717) is 24.5 Å². The van der Waals surface area contributed by atoms with Gasteiger partial charge in [0, 0.05) is 44.0 Å². The average Bonchev–Trinajstić information content (AvgIpc) is 2.66. The topological polar surface area (TPSA) is 35.6 Å². The molecule has 3 aliphatic rings. The van der Waals surface area contributed by atoms with Gasteiger partial charge in [-0.25, -0.2) is 0 Å². The lowest BCUT2D eigenvalue weighted by atomic mass is 9.90. The van der Waals surface area contributed by atoms with Gasteiger partial charge in [0.2, 0.25) is 0 Å². The maximum atomic E-state index is 13.7. The number of nitrogens with zero attached hydrogens (tertiary/aromatic N) is 2. The van der Waals surface area contributed by atoms with Gasteiger partial charge in [0.05, 0.1) is 5.57 Å². The van der Waals surface area contributed by atoms with E-state index in [0.717, 1.165) is 38.2 Å². The van der Waals surface area contributed by atoms with Crippen molar-refractivity contribution in [2.24, 2.45) is 11.8 Å². The summed E-state index contributed by atoms with van der Waals surface area (Å²) in [6, 6.07) is 0. The lowest BCUT2D eigenvalue weighted by Gasteiger charge is -2.35. The Labute approximate surface area is 170 Å². The third-order valence-corrected chi connectivity index (χ3v) is 6.07. The molecule has 7 heteroatoms. The van der Waals surface area contributed by atoms with E-state index in [4.69, 9.17) is 0 Å². The van der Waals surface area contributed by atoms with E-state index in [9.17, 15) is 18.0 Å². The molecule has 0 aromatic heterocycles. The molecule has 0 aromatic rings. The molecule has 0 radical (unpaired) electrons. The summed E-state index contributed by atoms with van der Waals surface area (Å²) in [6.07, 6.45) is 3.10. The highest BCUT2D eigenvalue weighted by molar-refractivity contribution is 5.98. The van der Waals surface area contributed by atoms with Gasteiger partial charge in [0.25, 0.3) is 5.91 Å². The molecule has 160 valence electrons. The summed E-state index contributed by atoms with van der Waals surface area (Å²) in [4.78, 5) is 17.0. The number of carbonyl (C=O) groups is 1. The lowest BCUT2D eigenvalue weighted by molar-refractivity contribution is -0.116. The van der Waals surface area contributed by atoms with Crippen molar-refractivity contribution in [3.05, 3.63) is 46.7 Å². The van der Waals surface area contributed by atoms with Gasteiger partial charge in [-0.15, -0.1) is 0 Å². The number of hydrogen-bond donors (Lipinski definition) is 1. The Morgan fingerprint density at radius 3 is 2.48 bits per heavy atom. The second-order valence-electron chi connectivity index (χ2n) is 8.43. The van der Waals surface area contributed by atoms with Crippen LogP contribution >= 0.6 is 0 Å². The maximum Gasteiger partial charge on any atom is 0.418 e. The molecule has 29 heavy (non-hydrogen) atoms. The Bertz CT molecular complexity index is 756. The summed E-state index contributed by atoms with van der Waals surface area (Å²) in [7, 11) is 2.05. The number of alkyl halides is 3. The van der Waals surface area contributed by atoms with Gasteiger partial charge in [0.1, 0.15) is 0 Å². The van der Waals surface area contributed by atoms with Gasteiger partial charge < -0.3 is 15.1 Å². The van der Waals surface area contributed by atoms with E-state index in [1.165, 1.54) is 12.2 Å². The molecule has 4 nitrogen and oxygen atoms in total. The molecule has 2 atom stereocenters. The van der Waals surface area contributed by atoms with Gasteiger partial charge in [-0.2, -0.15) is 13.2 Å². The van der Waals surface area contributed by atoms with Gasteiger partial charge in [-0.05, 0) is 38.6 Å². The minimum absolute atomic E-state index is 0.122. The molecule has 1 N–H and O–H groups in total.